The quantitative estimate of drug-likeness (QED) is 0.589. The SMILES string of the molecule is CCOCCC(=O)N1CCC(Oc2ccc(NC(=O)C3CN(c4cccnc4)C3)cc2)CC1. The number of amides is 2. The average molecular weight is 453 g/mol. The van der Waals surface area contributed by atoms with E-state index < -0.39 is 0 Å². The Morgan fingerprint density at radius 2 is 1.88 bits per heavy atom. The molecule has 1 aromatic heterocycles. The van der Waals surface area contributed by atoms with Crippen molar-refractivity contribution in [1.29, 1.82) is 0 Å². The van der Waals surface area contributed by atoms with E-state index in [1.165, 1.54) is 0 Å². The van der Waals surface area contributed by atoms with Crippen molar-refractivity contribution in [3.63, 3.8) is 0 Å². The number of benzene rings is 1. The summed E-state index contributed by atoms with van der Waals surface area (Å²) in [7, 11) is 0. The molecule has 2 saturated heterocycles. The molecule has 3 heterocycles. The molecule has 33 heavy (non-hydrogen) atoms. The molecule has 8 nitrogen and oxygen atoms in total. The van der Waals surface area contributed by atoms with Gasteiger partial charge in [0.05, 0.1) is 30.8 Å². The number of ether oxygens (including phenoxy) is 2. The maximum atomic E-state index is 12.5. The van der Waals surface area contributed by atoms with Crippen molar-refractivity contribution >= 4 is 23.2 Å². The normalized spacial score (nSPS) is 16.9. The first-order chi connectivity index (χ1) is 16.1. The molecule has 4 rings (SSSR count). The van der Waals surface area contributed by atoms with Crippen LogP contribution in [0.4, 0.5) is 11.4 Å². The van der Waals surface area contributed by atoms with Gasteiger partial charge in [-0.05, 0) is 43.3 Å². The van der Waals surface area contributed by atoms with Crippen molar-refractivity contribution in [2.75, 3.05) is 49.6 Å². The number of aromatic nitrogens is 1. The van der Waals surface area contributed by atoms with Crippen LogP contribution in [0.2, 0.25) is 0 Å². The number of rotatable bonds is 9. The van der Waals surface area contributed by atoms with E-state index >= 15 is 0 Å². The zero-order valence-electron chi connectivity index (χ0n) is 19.1. The van der Waals surface area contributed by atoms with E-state index in [0.29, 0.717) is 45.8 Å². The number of hydrogen-bond acceptors (Lipinski definition) is 6. The van der Waals surface area contributed by atoms with Crippen LogP contribution < -0.4 is 15.0 Å². The fourth-order valence-corrected chi connectivity index (χ4v) is 4.13. The molecule has 2 aromatic rings. The highest BCUT2D eigenvalue weighted by molar-refractivity contribution is 5.94. The van der Waals surface area contributed by atoms with Gasteiger partial charge in [0.25, 0.3) is 0 Å². The maximum Gasteiger partial charge on any atom is 0.231 e. The predicted molar refractivity (Wildman–Crippen MR) is 126 cm³/mol. The zero-order valence-corrected chi connectivity index (χ0v) is 19.1. The van der Waals surface area contributed by atoms with E-state index in [0.717, 1.165) is 30.0 Å². The Bertz CT molecular complexity index is 908. The largest absolute Gasteiger partial charge is 0.490 e. The number of likely N-dealkylation sites (tertiary alicyclic amines) is 1. The summed E-state index contributed by atoms with van der Waals surface area (Å²) in [5, 5.41) is 2.99. The summed E-state index contributed by atoms with van der Waals surface area (Å²) in [6, 6.07) is 11.4. The van der Waals surface area contributed by atoms with Crippen molar-refractivity contribution in [2.24, 2.45) is 5.92 Å². The van der Waals surface area contributed by atoms with Crippen LogP contribution in [0.15, 0.2) is 48.8 Å². The third kappa shape index (κ3) is 6.22. The minimum Gasteiger partial charge on any atom is -0.490 e. The smallest absolute Gasteiger partial charge is 0.231 e. The molecule has 176 valence electrons. The second kappa shape index (κ2) is 11.1. The molecule has 2 fully saturated rings. The van der Waals surface area contributed by atoms with E-state index in [9.17, 15) is 9.59 Å². The molecule has 0 unspecified atom stereocenters. The summed E-state index contributed by atoms with van der Waals surface area (Å²) in [5.74, 6) is 0.935. The number of carbonyl (C=O) groups is 2. The van der Waals surface area contributed by atoms with Gasteiger partial charge in [-0.1, -0.05) is 0 Å². The molecule has 0 spiro atoms. The molecule has 1 aromatic carbocycles. The van der Waals surface area contributed by atoms with E-state index in [2.05, 4.69) is 15.2 Å². The van der Waals surface area contributed by atoms with Gasteiger partial charge in [-0.3, -0.25) is 14.6 Å². The van der Waals surface area contributed by atoms with Gasteiger partial charge in [-0.2, -0.15) is 0 Å². The lowest BCUT2D eigenvalue weighted by Gasteiger charge is -2.39. The minimum absolute atomic E-state index is 0.0254. The fraction of sp³-hybridized carbons (Fsp3) is 0.480. The molecule has 2 aliphatic heterocycles. The standard InChI is InChI=1S/C25H32N4O4/c1-2-32-15-11-24(30)28-13-9-23(10-14-28)33-22-7-5-20(6-8-22)27-25(31)19-17-29(18-19)21-4-3-12-26-16-21/h3-8,12,16,19,23H,2,9-11,13-15,17-18H2,1H3,(H,27,31). The summed E-state index contributed by atoms with van der Waals surface area (Å²) in [6.45, 7) is 5.87. The molecule has 1 N–H and O–H groups in total. The Morgan fingerprint density at radius 3 is 2.55 bits per heavy atom. The second-order valence-electron chi connectivity index (χ2n) is 8.47. The van der Waals surface area contributed by atoms with Crippen LogP contribution in [0.1, 0.15) is 26.2 Å². The lowest BCUT2D eigenvalue weighted by atomic mass is 9.98. The lowest BCUT2D eigenvalue weighted by Crippen LogP contribution is -2.52. The summed E-state index contributed by atoms with van der Waals surface area (Å²) >= 11 is 0. The molecule has 0 atom stereocenters. The van der Waals surface area contributed by atoms with E-state index in [4.69, 9.17) is 9.47 Å². The van der Waals surface area contributed by atoms with Crippen LogP contribution in [0.25, 0.3) is 0 Å². The van der Waals surface area contributed by atoms with Crippen molar-refractivity contribution in [1.82, 2.24) is 9.88 Å². The van der Waals surface area contributed by atoms with Crippen LogP contribution in [0.3, 0.4) is 0 Å². The predicted octanol–water partition coefficient (Wildman–Crippen LogP) is 2.95. The topological polar surface area (TPSA) is 84.0 Å². The molecule has 2 amide bonds. The Morgan fingerprint density at radius 1 is 1.12 bits per heavy atom. The van der Waals surface area contributed by atoms with Gasteiger partial charge in [-0.15, -0.1) is 0 Å². The number of piperidine rings is 1. The molecule has 0 aliphatic carbocycles. The van der Waals surface area contributed by atoms with Crippen LogP contribution in [-0.4, -0.2) is 67.2 Å². The summed E-state index contributed by atoms with van der Waals surface area (Å²) < 4.78 is 11.4. The highest BCUT2D eigenvalue weighted by atomic mass is 16.5. The Balaban J connectivity index is 1.17. The number of pyridine rings is 1. The molecular weight excluding hydrogens is 420 g/mol. The van der Waals surface area contributed by atoms with Gasteiger partial charge in [-0.25, -0.2) is 0 Å². The summed E-state index contributed by atoms with van der Waals surface area (Å²) in [4.78, 5) is 32.9. The number of carbonyl (C=O) groups excluding carboxylic acids is 2. The van der Waals surface area contributed by atoms with Gasteiger partial charge >= 0.3 is 0 Å². The monoisotopic (exact) mass is 452 g/mol. The van der Waals surface area contributed by atoms with Crippen molar-refractivity contribution in [3.05, 3.63) is 48.8 Å². The molecule has 8 heteroatoms. The Kier molecular flexibility index (Phi) is 7.78. The summed E-state index contributed by atoms with van der Waals surface area (Å²) in [5.41, 5.74) is 1.81. The Hall–Kier alpha value is -3.13. The first-order valence-electron chi connectivity index (χ1n) is 11.7. The fourth-order valence-electron chi connectivity index (χ4n) is 4.13. The maximum absolute atomic E-state index is 12.5. The van der Waals surface area contributed by atoms with E-state index in [1.54, 1.807) is 6.20 Å². The van der Waals surface area contributed by atoms with E-state index in [1.807, 2.05) is 54.4 Å². The number of nitrogens with one attached hydrogen (secondary N) is 1. The second-order valence-corrected chi connectivity index (χ2v) is 8.47. The van der Waals surface area contributed by atoms with Crippen LogP contribution in [0.5, 0.6) is 5.75 Å². The zero-order chi connectivity index (χ0) is 23.0. The third-order valence-electron chi connectivity index (χ3n) is 6.15. The molecule has 0 radical (unpaired) electrons. The van der Waals surface area contributed by atoms with Gasteiger partial charge in [0.2, 0.25) is 11.8 Å². The van der Waals surface area contributed by atoms with Gasteiger partial charge in [0, 0.05) is 57.5 Å². The van der Waals surface area contributed by atoms with Crippen LogP contribution in [0, 0.1) is 5.92 Å². The third-order valence-corrected chi connectivity index (χ3v) is 6.15. The van der Waals surface area contributed by atoms with Crippen LogP contribution >= 0.6 is 0 Å². The highest BCUT2D eigenvalue weighted by Gasteiger charge is 2.33. The first kappa shape index (κ1) is 23.0. The molecule has 2 aliphatic rings. The first-order valence-corrected chi connectivity index (χ1v) is 11.7. The van der Waals surface area contributed by atoms with Gasteiger partial charge in [0.15, 0.2) is 0 Å². The molecule has 0 bridgehead atoms. The highest BCUT2D eigenvalue weighted by Crippen LogP contribution is 2.26. The van der Waals surface area contributed by atoms with Gasteiger partial charge in [0.1, 0.15) is 11.9 Å². The number of nitrogens with zero attached hydrogens (tertiary/aromatic N) is 3. The number of hydrogen-bond donors (Lipinski definition) is 1. The van der Waals surface area contributed by atoms with Crippen molar-refractivity contribution in [2.45, 2.75) is 32.3 Å². The van der Waals surface area contributed by atoms with E-state index in [-0.39, 0.29) is 23.8 Å². The Labute approximate surface area is 194 Å². The van der Waals surface area contributed by atoms with Crippen LogP contribution in [-0.2, 0) is 14.3 Å². The minimum atomic E-state index is -0.0254. The summed E-state index contributed by atoms with van der Waals surface area (Å²) in [6.07, 6.45) is 5.72. The van der Waals surface area contributed by atoms with Crippen molar-refractivity contribution < 1.29 is 19.1 Å². The average Bonchev–Trinajstić information content (AvgIpc) is 2.81. The van der Waals surface area contributed by atoms with Gasteiger partial charge < -0.3 is 24.6 Å². The van der Waals surface area contributed by atoms with Crippen molar-refractivity contribution in [3.8, 4) is 5.75 Å². The lowest BCUT2D eigenvalue weighted by molar-refractivity contribution is -0.134. The molecule has 0 saturated carbocycles. The molecular formula is C25H32N4O4. The number of anilines is 2.